The molecule has 4 rings (SSSR count). The fourth-order valence-electron chi connectivity index (χ4n) is 3.71. The highest BCUT2D eigenvalue weighted by molar-refractivity contribution is 5.96. The van der Waals surface area contributed by atoms with Crippen LogP contribution in [0.15, 0.2) is 42.5 Å². The van der Waals surface area contributed by atoms with E-state index in [1.165, 1.54) is 19.2 Å². The number of hydrogen-bond acceptors (Lipinski definition) is 3. The summed E-state index contributed by atoms with van der Waals surface area (Å²) in [5.41, 5.74) is 3.93. The number of aromatic nitrogens is 1. The van der Waals surface area contributed by atoms with E-state index >= 15 is 0 Å². The quantitative estimate of drug-likeness (QED) is 0.671. The number of carbonyl (C=O) groups is 1. The summed E-state index contributed by atoms with van der Waals surface area (Å²) in [6.07, 6.45) is -3.50. The van der Waals surface area contributed by atoms with Gasteiger partial charge in [0.15, 0.2) is 0 Å². The summed E-state index contributed by atoms with van der Waals surface area (Å²) in [6, 6.07) is 10.7. The predicted octanol–water partition coefficient (Wildman–Crippen LogP) is 4.53. The number of H-pyrrole nitrogens is 1. The molecule has 1 aromatic heterocycles. The average Bonchev–Trinajstić information content (AvgIpc) is 3.04. The van der Waals surface area contributed by atoms with Gasteiger partial charge in [-0.15, -0.1) is 0 Å². The molecule has 0 radical (unpaired) electrons. The Morgan fingerprint density at radius 3 is 2.61 bits per heavy atom. The first-order valence-electron chi connectivity index (χ1n) is 8.95. The van der Waals surface area contributed by atoms with Gasteiger partial charge in [-0.25, -0.2) is 4.79 Å². The Kier molecular flexibility index (Phi) is 4.63. The van der Waals surface area contributed by atoms with E-state index in [0.717, 1.165) is 52.8 Å². The van der Waals surface area contributed by atoms with E-state index in [1.807, 2.05) is 12.1 Å². The molecule has 0 fully saturated rings. The highest BCUT2D eigenvalue weighted by Crippen LogP contribution is 2.31. The van der Waals surface area contributed by atoms with Crippen LogP contribution in [0, 0.1) is 0 Å². The van der Waals surface area contributed by atoms with Crippen molar-refractivity contribution in [1.82, 2.24) is 9.88 Å². The lowest BCUT2D eigenvalue weighted by Gasteiger charge is -2.27. The molecule has 2 heterocycles. The monoisotopic (exact) mass is 388 g/mol. The molecule has 3 aromatic rings. The number of rotatable bonds is 3. The number of methoxy groups -OCH3 is 1. The van der Waals surface area contributed by atoms with E-state index in [4.69, 9.17) is 4.74 Å². The molecule has 1 aliphatic rings. The van der Waals surface area contributed by atoms with Gasteiger partial charge in [-0.1, -0.05) is 12.1 Å². The zero-order chi connectivity index (χ0) is 19.9. The number of carbonyl (C=O) groups excluding carboxylic acids is 1. The molecule has 1 aliphatic heterocycles. The predicted molar refractivity (Wildman–Crippen MR) is 98.9 cm³/mol. The number of nitrogens with zero attached hydrogens (tertiary/aromatic N) is 1. The van der Waals surface area contributed by atoms with Crippen LogP contribution in [0.5, 0.6) is 0 Å². The standard InChI is InChI=1S/C21H19F3N2O2/c1-28-20(27)14-4-7-18-16(10-14)17-12-26(9-8-19(17)25-18)11-13-2-5-15(6-3-13)21(22,23)24/h2-7,10,25H,8-9,11-12H2,1H3. The number of alkyl halides is 3. The van der Waals surface area contributed by atoms with Crippen LogP contribution >= 0.6 is 0 Å². The number of halogens is 3. The number of benzene rings is 2. The molecule has 2 aromatic carbocycles. The second-order valence-corrected chi connectivity index (χ2v) is 6.99. The van der Waals surface area contributed by atoms with E-state index in [2.05, 4.69) is 9.88 Å². The maximum absolute atomic E-state index is 12.7. The normalized spacial score (nSPS) is 14.9. The van der Waals surface area contributed by atoms with Gasteiger partial charge in [0, 0.05) is 42.7 Å². The van der Waals surface area contributed by atoms with Crippen molar-refractivity contribution in [2.75, 3.05) is 13.7 Å². The number of aromatic amines is 1. The zero-order valence-corrected chi connectivity index (χ0v) is 15.3. The maximum atomic E-state index is 12.7. The van der Waals surface area contributed by atoms with Crippen LogP contribution in [0.2, 0.25) is 0 Å². The first-order chi connectivity index (χ1) is 13.3. The summed E-state index contributed by atoms with van der Waals surface area (Å²) >= 11 is 0. The van der Waals surface area contributed by atoms with Crippen molar-refractivity contribution in [2.45, 2.75) is 25.7 Å². The summed E-state index contributed by atoms with van der Waals surface area (Å²) in [5.74, 6) is -0.380. The Bertz CT molecular complexity index is 1020. The van der Waals surface area contributed by atoms with Gasteiger partial charge in [0.25, 0.3) is 0 Å². The van der Waals surface area contributed by atoms with E-state index in [1.54, 1.807) is 6.07 Å². The van der Waals surface area contributed by atoms with Gasteiger partial charge in [0.05, 0.1) is 18.2 Å². The van der Waals surface area contributed by atoms with Gasteiger partial charge in [0.1, 0.15) is 0 Å². The van der Waals surface area contributed by atoms with Crippen LogP contribution in [0.3, 0.4) is 0 Å². The van der Waals surface area contributed by atoms with Gasteiger partial charge in [0.2, 0.25) is 0 Å². The summed E-state index contributed by atoms with van der Waals surface area (Å²) in [6.45, 7) is 2.05. The average molecular weight is 388 g/mol. The molecular formula is C21H19F3N2O2. The summed E-state index contributed by atoms with van der Waals surface area (Å²) < 4.78 is 43.0. The van der Waals surface area contributed by atoms with Crippen LogP contribution in [-0.2, 0) is 30.4 Å². The number of ether oxygens (including phenoxy) is 1. The molecule has 0 aliphatic carbocycles. The second-order valence-electron chi connectivity index (χ2n) is 6.99. The van der Waals surface area contributed by atoms with Crippen LogP contribution < -0.4 is 0 Å². The van der Waals surface area contributed by atoms with Crippen molar-refractivity contribution in [1.29, 1.82) is 0 Å². The number of hydrogen-bond donors (Lipinski definition) is 1. The molecule has 146 valence electrons. The Morgan fingerprint density at radius 1 is 1.18 bits per heavy atom. The van der Waals surface area contributed by atoms with E-state index in [0.29, 0.717) is 18.7 Å². The number of fused-ring (bicyclic) bond motifs is 3. The third-order valence-corrected chi connectivity index (χ3v) is 5.16. The Balaban J connectivity index is 1.56. The fourth-order valence-corrected chi connectivity index (χ4v) is 3.71. The minimum Gasteiger partial charge on any atom is -0.465 e. The van der Waals surface area contributed by atoms with Crippen molar-refractivity contribution in [3.8, 4) is 0 Å². The smallest absolute Gasteiger partial charge is 0.416 e. The summed E-state index contributed by atoms with van der Waals surface area (Å²) in [7, 11) is 1.35. The Hall–Kier alpha value is -2.80. The van der Waals surface area contributed by atoms with Crippen LogP contribution in [-0.4, -0.2) is 29.5 Å². The largest absolute Gasteiger partial charge is 0.465 e. The Labute approximate surface area is 159 Å². The zero-order valence-electron chi connectivity index (χ0n) is 15.3. The first kappa shape index (κ1) is 18.6. The van der Waals surface area contributed by atoms with Crippen LogP contribution in [0.25, 0.3) is 10.9 Å². The lowest BCUT2D eigenvalue weighted by molar-refractivity contribution is -0.137. The molecule has 0 atom stereocenters. The minimum atomic E-state index is -4.32. The summed E-state index contributed by atoms with van der Waals surface area (Å²) in [5, 5.41) is 0.981. The van der Waals surface area contributed by atoms with Crippen molar-refractivity contribution in [2.24, 2.45) is 0 Å². The fraction of sp³-hybridized carbons (Fsp3) is 0.286. The molecule has 4 nitrogen and oxygen atoms in total. The number of nitrogens with one attached hydrogen (secondary N) is 1. The third-order valence-electron chi connectivity index (χ3n) is 5.16. The van der Waals surface area contributed by atoms with Crippen molar-refractivity contribution in [3.63, 3.8) is 0 Å². The molecule has 1 N–H and O–H groups in total. The highest BCUT2D eigenvalue weighted by Gasteiger charge is 2.30. The molecule has 0 saturated carbocycles. The lowest BCUT2D eigenvalue weighted by Crippen LogP contribution is -2.29. The minimum absolute atomic E-state index is 0.380. The Morgan fingerprint density at radius 2 is 1.93 bits per heavy atom. The maximum Gasteiger partial charge on any atom is 0.416 e. The molecule has 7 heteroatoms. The molecule has 0 bridgehead atoms. The van der Waals surface area contributed by atoms with Gasteiger partial charge in [-0.05, 0) is 41.5 Å². The van der Waals surface area contributed by atoms with Crippen molar-refractivity contribution < 1.29 is 22.7 Å². The second kappa shape index (κ2) is 6.98. The van der Waals surface area contributed by atoms with Crippen molar-refractivity contribution in [3.05, 3.63) is 70.4 Å². The van der Waals surface area contributed by atoms with Gasteiger partial charge >= 0.3 is 12.1 Å². The SMILES string of the molecule is COC(=O)c1ccc2[nH]c3c(c2c1)CN(Cc1ccc(C(F)(F)F)cc1)CC3. The first-order valence-corrected chi connectivity index (χ1v) is 8.95. The highest BCUT2D eigenvalue weighted by atomic mass is 19.4. The topological polar surface area (TPSA) is 45.3 Å². The van der Waals surface area contributed by atoms with Crippen molar-refractivity contribution >= 4 is 16.9 Å². The number of esters is 1. The van der Waals surface area contributed by atoms with Crippen LogP contribution in [0.1, 0.15) is 32.7 Å². The van der Waals surface area contributed by atoms with E-state index in [-0.39, 0.29) is 5.97 Å². The molecule has 0 amide bonds. The molecule has 0 saturated heterocycles. The molecular weight excluding hydrogens is 369 g/mol. The van der Waals surface area contributed by atoms with Gasteiger partial charge in [-0.2, -0.15) is 13.2 Å². The summed E-state index contributed by atoms with van der Waals surface area (Å²) in [4.78, 5) is 17.4. The molecule has 28 heavy (non-hydrogen) atoms. The van der Waals surface area contributed by atoms with Gasteiger partial charge in [-0.3, -0.25) is 4.90 Å². The van der Waals surface area contributed by atoms with Gasteiger partial charge < -0.3 is 9.72 Å². The third kappa shape index (κ3) is 3.49. The van der Waals surface area contributed by atoms with E-state index < -0.39 is 11.7 Å². The molecule has 0 unspecified atom stereocenters. The van der Waals surface area contributed by atoms with Crippen LogP contribution in [0.4, 0.5) is 13.2 Å². The lowest BCUT2D eigenvalue weighted by atomic mass is 10.0. The van der Waals surface area contributed by atoms with E-state index in [9.17, 15) is 18.0 Å². The molecule has 0 spiro atoms.